The number of alkyl halides is 2. The maximum Gasteiger partial charge on any atom is 0.387 e. The topological polar surface area (TPSA) is 71.3 Å². The number of halogens is 2. The van der Waals surface area contributed by atoms with E-state index in [-0.39, 0.29) is 28.7 Å². The summed E-state index contributed by atoms with van der Waals surface area (Å²) in [4.78, 5) is 12.5. The van der Waals surface area contributed by atoms with Gasteiger partial charge in [-0.15, -0.1) is 0 Å². The average Bonchev–Trinajstić information content (AvgIpc) is 2.62. The van der Waals surface area contributed by atoms with Crippen molar-refractivity contribution < 1.29 is 23.0 Å². The van der Waals surface area contributed by atoms with Crippen LogP contribution < -0.4 is 14.8 Å². The van der Waals surface area contributed by atoms with E-state index in [0.29, 0.717) is 5.92 Å². The summed E-state index contributed by atoms with van der Waals surface area (Å²) < 4.78 is 35.0. The Morgan fingerprint density at radius 2 is 2.12 bits per heavy atom. The smallest absolute Gasteiger partial charge is 0.387 e. The molecule has 1 saturated carbocycles. The van der Waals surface area contributed by atoms with Crippen LogP contribution in [0.1, 0.15) is 38.2 Å². The second kappa shape index (κ2) is 9.18. The minimum absolute atomic E-state index is 0.00935. The number of amides is 1. The molecular weight excluding hydrogens is 342 g/mol. The van der Waals surface area contributed by atoms with Gasteiger partial charge in [0.2, 0.25) is 0 Å². The molecule has 1 aromatic carbocycles. The molecule has 26 heavy (non-hydrogen) atoms. The molecule has 1 amide bonds. The molecule has 7 heteroatoms. The van der Waals surface area contributed by atoms with Crippen molar-refractivity contribution in [1.82, 2.24) is 5.32 Å². The van der Waals surface area contributed by atoms with E-state index in [1.807, 2.05) is 6.07 Å². The minimum Gasteiger partial charge on any atom is -0.493 e. The molecule has 2 atom stereocenters. The summed E-state index contributed by atoms with van der Waals surface area (Å²) in [5.74, 6) is -0.298. The van der Waals surface area contributed by atoms with Crippen molar-refractivity contribution in [2.45, 2.75) is 45.3 Å². The number of para-hydroxylation sites is 1. The highest BCUT2D eigenvalue weighted by Gasteiger charge is 2.24. The van der Waals surface area contributed by atoms with Crippen LogP contribution >= 0.6 is 0 Å². The van der Waals surface area contributed by atoms with Gasteiger partial charge >= 0.3 is 6.61 Å². The zero-order valence-corrected chi connectivity index (χ0v) is 14.8. The van der Waals surface area contributed by atoms with Crippen molar-refractivity contribution in [2.75, 3.05) is 7.11 Å². The Bertz CT molecular complexity index is 713. The molecule has 5 nitrogen and oxygen atoms in total. The van der Waals surface area contributed by atoms with Gasteiger partial charge in [0.15, 0.2) is 11.5 Å². The number of methoxy groups -OCH3 is 1. The van der Waals surface area contributed by atoms with Gasteiger partial charge in [0, 0.05) is 11.6 Å². The molecule has 0 spiro atoms. The molecular formula is C19H22F2N2O3. The summed E-state index contributed by atoms with van der Waals surface area (Å²) in [5, 5.41) is 12.2. The summed E-state index contributed by atoms with van der Waals surface area (Å²) in [5.41, 5.74) is 0.00295. The predicted octanol–water partition coefficient (Wildman–Crippen LogP) is 3.90. The number of benzene rings is 1. The molecule has 140 valence electrons. The maximum absolute atomic E-state index is 12.7. The van der Waals surface area contributed by atoms with Crippen molar-refractivity contribution in [2.24, 2.45) is 5.92 Å². The van der Waals surface area contributed by atoms with Gasteiger partial charge in [-0.25, -0.2) is 0 Å². The molecule has 1 aliphatic rings. The largest absolute Gasteiger partial charge is 0.493 e. The molecule has 0 bridgehead atoms. The Labute approximate surface area is 151 Å². The molecule has 0 aliphatic heterocycles. The second-order valence-electron chi connectivity index (χ2n) is 6.27. The van der Waals surface area contributed by atoms with Gasteiger partial charge in [0.25, 0.3) is 5.91 Å². The van der Waals surface area contributed by atoms with Crippen molar-refractivity contribution >= 4 is 12.0 Å². The first kappa shape index (κ1) is 19.7. The van der Waals surface area contributed by atoms with E-state index < -0.39 is 12.5 Å². The van der Waals surface area contributed by atoms with Crippen molar-refractivity contribution in [3.63, 3.8) is 0 Å². The van der Waals surface area contributed by atoms with E-state index in [1.165, 1.54) is 25.3 Å². The number of nitrogens with zero attached hydrogens (tertiary/aromatic N) is 1. The third kappa shape index (κ3) is 4.94. The Hall–Kier alpha value is -2.62. The van der Waals surface area contributed by atoms with Crippen LogP contribution in [0.25, 0.3) is 6.08 Å². The summed E-state index contributed by atoms with van der Waals surface area (Å²) in [6.45, 7) is -0.989. The monoisotopic (exact) mass is 364 g/mol. The van der Waals surface area contributed by atoms with E-state index >= 15 is 0 Å². The van der Waals surface area contributed by atoms with E-state index in [1.54, 1.807) is 6.07 Å². The minimum atomic E-state index is -3.05. The number of carbonyl (C=O) groups is 1. The molecule has 0 radical (unpaired) electrons. The fraction of sp³-hybridized carbons (Fsp3) is 0.474. The normalized spacial score (nSPS) is 20.4. The fourth-order valence-corrected chi connectivity index (χ4v) is 3.10. The van der Waals surface area contributed by atoms with Crippen LogP contribution in [0.2, 0.25) is 0 Å². The van der Waals surface area contributed by atoms with Gasteiger partial charge in [0.05, 0.1) is 7.11 Å². The van der Waals surface area contributed by atoms with Crippen molar-refractivity contribution in [1.29, 1.82) is 5.26 Å². The predicted molar refractivity (Wildman–Crippen MR) is 92.8 cm³/mol. The lowest BCUT2D eigenvalue weighted by atomic mass is 9.86. The standard InChI is InChI=1S/C19H22F2N2O3/c1-12-6-3-4-8-15(12)23-18(24)14(11-22)10-13-7-5-9-16(25-2)17(13)26-19(20)21/h5,7,9-10,12,15,19H,3-4,6,8H2,1-2H3,(H,23,24)/b14-10+/t12-,15-/m1/s1. The lowest BCUT2D eigenvalue weighted by molar-refractivity contribution is -0.118. The van der Waals surface area contributed by atoms with Gasteiger partial charge in [-0.2, -0.15) is 14.0 Å². The Kier molecular flexibility index (Phi) is 6.96. The Morgan fingerprint density at radius 3 is 2.73 bits per heavy atom. The number of carbonyl (C=O) groups excluding carboxylic acids is 1. The molecule has 1 aromatic rings. The number of rotatable bonds is 6. The first-order chi connectivity index (χ1) is 12.5. The second-order valence-corrected chi connectivity index (χ2v) is 6.27. The summed E-state index contributed by atoms with van der Waals surface area (Å²) in [6, 6.07) is 6.36. The van der Waals surface area contributed by atoms with E-state index in [9.17, 15) is 18.8 Å². The molecule has 0 unspecified atom stereocenters. The summed E-state index contributed by atoms with van der Waals surface area (Å²) >= 11 is 0. The van der Waals surface area contributed by atoms with Crippen LogP contribution in [-0.2, 0) is 4.79 Å². The first-order valence-corrected chi connectivity index (χ1v) is 8.50. The number of ether oxygens (including phenoxy) is 2. The molecule has 0 heterocycles. The van der Waals surface area contributed by atoms with Crippen LogP contribution in [0, 0.1) is 17.2 Å². The highest BCUT2D eigenvalue weighted by Crippen LogP contribution is 2.34. The van der Waals surface area contributed by atoms with Crippen LogP contribution in [0.5, 0.6) is 11.5 Å². The third-order valence-electron chi connectivity index (χ3n) is 4.53. The first-order valence-electron chi connectivity index (χ1n) is 8.50. The van der Waals surface area contributed by atoms with Gasteiger partial charge in [-0.3, -0.25) is 4.79 Å². The number of nitriles is 1. The summed E-state index contributed by atoms with van der Waals surface area (Å²) in [6.07, 6.45) is 5.29. The van der Waals surface area contributed by atoms with Crippen LogP contribution in [-0.4, -0.2) is 25.7 Å². The quantitative estimate of drug-likeness (QED) is 0.614. The Morgan fingerprint density at radius 1 is 1.38 bits per heavy atom. The highest BCUT2D eigenvalue weighted by molar-refractivity contribution is 6.02. The van der Waals surface area contributed by atoms with Crippen LogP contribution in [0.15, 0.2) is 23.8 Å². The summed E-state index contributed by atoms with van der Waals surface area (Å²) in [7, 11) is 1.32. The van der Waals surface area contributed by atoms with Gasteiger partial charge in [-0.05, 0) is 30.9 Å². The zero-order valence-electron chi connectivity index (χ0n) is 14.8. The highest BCUT2D eigenvalue weighted by atomic mass is 19.3. The molecule has 0 saturated heterocycles. The van der Waals surface area contributed by atoms with E-state index in [2.05, 4.69) is 17.0 Å². The van der Waals surface area contributed by atoms with E-state index in [0.717, 1.165) is 25.7 Å². The number of hydrogen-bond acceptors (Lipinski definition) is 4. The third-order valence-corrected chi connectivity index (χ3v) is 4.53. The lowest BCUT2D eigenvalue weighted by Gasteiger charge is -2.29. The van der Waals surface area contributed by atoms with Crippen LogP contribution in [0.3, 0.4) is 0 Å². The van der Waals surface area contributed by atoms with Crippen LogP contribution in [0.4, 0.5) is 8.78 Å². The SMILES string of the molecule is COc1cccc(/C=C(\C#N)C(=O)N[C@@H]2CCCC[C@H]2C)c1OC(F)F. The van der Waals surface area contributed by atoms with Crippen molar-refractivity contribution in [3.8, 4) is 17.6 Å². The van der Waals surface area contributed by atoms with Gasteiger partial charge in [-0.1, -0.05) is 31.9 Å². The Balaban J connectivity index is 2.27. The lowest BCUT2D eigenvalue weighted by Crippen LogP contribution is -2.41. The van der Waals surface area contributed by atoms with Gasteiger partial charge < -0.3 is 14.8 Å². The van der Waals surface area contributed by atoms with E-state index in [4.69, 9.17) is 4.74 Å². The number of nitrogens with one attached hydrogen (secondary N) is 1. The molecule has 2 rings (SSSR count). The number of hydrogen-bond donors (Lipinski definition) is 1. The fourth-order valence-electron chi connectivity index (χ4n) is 3.10. The maximum atomic E-state index is 12.7. The molecule has 1 fully saturated rings. The average molecular weight is 364 g/mol. The molecule has 0 aromatic heterocycles. The van der Waals surface area contributed by atoms with Gasteiger partial charge in [0.1, 0.15) is 11.6 Å². The van der Waals surface area contributed by atoms with Crippen molar-refractivity contribution in [3.05, 3.63) is 29.3 Å². The molecule has 1 N–H and O–H groups in total. The zero-order chi connectivity index (χ0) is 19.1. The molecule has 1 aliphatic carbocycles.